The number of piperidine rings is 1. The Balaban J connectivity index is 2.16. The molecular weight excluding hydrogens is 336 g/mol. The van der Waals surface area contributed by atoms with Gasteiger partial charge in [-0.15, -0.1) is 0 Å². The lowest BCUT2D eigenvalue weighted by atomic mass is 9.81. The predicted molar refractivity (Wildman–Crippen MR) is 91.3 cm³/mol. The van der Waals surface area contributed by atoms with Crippen LogP contribution in [0.15, 0.2) is 54.4 Å². The first kappa shape index (κ1) is 17.2. The number of nitro groups is 1. The Morgan fingerprint density at radius 3 is 2.50 bits per heavy atom. The van der Waals surface area contributed by atoms with Gasteiger partial charge in [-0.1, -0.05) is 12.1 Å². The van der Waals surface area contributed by atoms with Crippen LogP contribution in [-0.2, 0) is 9.59 Å². The maximum Gasteiger partial charge on any atom is 0.296 e. The highest BCUT2D eigenvalue weighted by Gasteiger charge is 2.46. The zero-order valence-corrected chi connectivity index (χ0v) is 13.7. The van der Waals surface area contributed by atoms with Crippen LogP contribution in [0.2, 0.25) is 0 Å². The number of benzene rings is 1. The molecule has 2 heterocycles. The Hall–Kier alpha value is -3.64. The van der Waals surface area contributed by atoms with E-state index in [1.165, 1.54) is 24.3 Å². The molecule has 2 amide bonds. The van der Waals surface area contributed by atoms with Gasteiger partial charge in [-0.25, -0.2) is 0 Å². The highest BCUT2D eigenvalue weighted by Crippen LogP contribution is 2.35. The Bertz CT molecular complexity index is 961. The van der Waals surface area contributed by atoms with Gasteiger partial charge in [0.2, 0.25) is 6.04 Å². The molecule has 0 saturated carbocycles. The van der Waals surface area contributed by atoms with Crippen molar-refractivity contribution >= 4 is 23.4 Å². The molecular formula is C18H14N4O4. The van der Waals surface area contributed by atoms with Crippen LogP contribution in [0.1, 0.15) is 23.1 Å². The van der Waals surface area contributed by atoms with Gasteiger partial charge in [0.15, 0.2) is 12.4 Å². The first-order valence-corrected chi connectivity index (χ1v) is 7.76. The molecule has 1 aromatic heterocycles. The van der Waals surface area contributed by atoms with Gasteiger partial charge >= 0.3 is 0 Å². The molecule has 0 radical (unpaired) electrons. The fraction of sp³-hybridized carbons (Fsp3) is 0.167. The number of carbonyl (C=O) groups is 2. The van der Waals surface area contributed by atoms with Crippen molar-refractivity contribution in [1.82, 2.24) is 5.32 Å². The monoisotopic (exact) mass is 350 g/mol. The number of hydrogen-bond acceptors (Lipinski definition) is 4. The topological polar surface area (TPSA) is 115 Å². The Morgan fingerprint density at radius 1 is 1.23 bits per heavy atom. The number of nitrogens with one attached hydrogen (secondary N) is 1. The molecule has 1 N–H and O–H groups in total. The third kappa shape index (κ3) is 3.01. The van der Waals surface area contributed by atoms with Gasteiger partial charge in [-0.05, 0) is 18.6 Å². The van der Waals surface area contributed by atoms with Crippen molar-refractivity contribution in [2.24, 2.45) is 0 Å². The zero-order chi connectivity index (χ0) is 18.8. The summed E-state index contributed by atoms with van der Waals surface area (Å²) in [4.78, 5) is 35.0. The zero-order valence-electron chi connectivity index (χ0n) is 13.7. The highest BCUT2D eigenvalue weighted by atomic mass is 16.6. The molecule has 130 valence electrons. The lowest BCUT2D eigenvalue weighted by molar-refractivity contribution is -0.711. The first-order valence-electron chi connectivity index (χ1n) is 7.76. The molecule has 26 heavy (non-hydrogen) atoms. The number of aryl methyl sites for hydroxylation is 1. The van der Waals surface area contributed by atoms with E-state index in [1.54, 1.807) is 23.0 Å². The fourth-order valence-electron chi connectivity index (χ4n) is 3.07. The summed E-state index contributed by atoms with van der Waals surface area (Å²) in [5, 5.41) is 22.5. The summed E-state index contributed by atoms with van der Waals surface area (Å²) in [5.74, 6) is -0.239. The second-order valence-corrected chi connectivity index (χ2v) is 5.94. The number of non-ortho nitro benzene ring substituents is 1. The van der Waals surface area contributed by atoms with E-state index in [4.69, 9.17) is 0 Å². The van der Waals surface area contributed by atoms with Crippen LogP contribution in [0, 0.1) is 17.0 Å². The predicted octanol–water partition coefficient (Wildman–Crippen LogP) is 1.34. The summed E-state index contributed by atoms with van der Waals surface area (Å²) in [5.41, 5.74) is 1.16. The molecule has 2 aromatic rings. The number of nitrogens with zero attached hydrogens (tertiary/aromatic N) is 3. The van der Waals surface area contributed by atoms with E-state index >= 15 is 0 Å². The van der Waals surface area contributed by atoms with Crippen LogP contribution in [0.3, 0.4) is 0 Å². The van der Waals surface area contributed by atoms with Crippen LogP contribution < -0.4 is 9.88 Å². The van der Waals surface area contributed by atoms with Crippen molar-refractivity contribution in [1.29, 1.82) is 0 Å². The van der Waals surface area contributed by atoms with Crippen LogP contribution in [-0.4, -0.2) is 22.6 Å². The third-order valence-electron chi connectivity index (χ3n) is 4.25. The maximum absolute atomic E-state index is 12.6. The number of amides is 2. The second-order valence-electron chi connectivity index (χ2n) is 5.94. The SMILES string of the molecule is Cc1ccc[n+]([C@H]2C(=O)NC(=O)C(=C=[N-])[C@@H]2c2ccc([N+](=O)[O-])cc2)c1. The Kier molecular flexibility index (Phi) is 4.43. The minimum absolute atomic E-state index is 0.112. The summed E-state index contributed by atoms with van der Waals surface area (Å²) in [6, 6.07) is 8.28. The van der Waals surface area contributed by atoms with Gasteiger partial charge in [0.1, 0.15) is 0 Å². The van der Waals surface area contributed by atoms with Gasteiger partial charge in [-0.2, -0.15) is 4.57 Å². The molecule has 1 saturated heterocycles. The number of nitro benzene ring substituents is 1. The van der Waals surface area contributed by atoms with Crippen LogP contribution in [0.5, 0.6) is 0 Å². The number of carbonyl (C=O) groups excluding carboxylic acids is 2. The summed E-state index contributed by atoms with van der Waals surface area (Å²) in [7, 11) is 0. The average Bonchev–Trinajstić information content (AvgIpc) is 2.61. The van der Waals surface area contributed by atoms with Gasteiger partial charge in [0.05, 0.1) is 16.4 Å². The lowest BCUT2D eigenvalue weighted by Gasteiger charge is -2.28. The van der Waals surface area contributed by atoms with E-state index < -0.39 is 28.7 Å². The van der Waals surface area contributed by atoms with Crippen LogP contribution in [0.25, 0.3) is 5.41 Å². The van der Waals surface area contributed by atoms with E-state index in [0.29, 0.717) is 5.56 Å². The minimum atomic E-state index is -0.858. The quantitative estimate of drug-likeness (QED) is 0.224. The van der Waals surface area contributed by atoms with Gasteiger partial charge in [0.25, 0.3) is 17.5 Å². The second kappa shape index (κ2) is 6.70. The molecule has 0 bridgehead atoms. The molecule has 0 unspecified atom stereocenters. The molecule has 0 aliphatic carbocycles. The van der Waals surface area contributed by atoms with E-state index in [2.05, 4.69) is 5.32 Å². The van der Waals surface area contributed by atoms with Crippen LogP contribution in [0.4, 0.5) is 5.69 Å². The van der Waals surface area contributed by atoms with E-state index in [9.17, 15) is 25.1 Å². The number of rotatable bonds is 3. The Morgan fingerprint density at radius 2 is 1.92 bits per heavy atom. The molecule has 0 spiro atoms. The first-order chi connectivity index (χ1) is 12.4. The normalized spacial score (nSPS) is 19.7. The Labute approximate surface area is 148 Å². The lowest BCUT2D eigenvalue weighted by Crippen LogP contribution is -2.57. The smallest absolute Gasteiger partial charge is 0.296 e. The molecule has 2 atom stereocenters. The van der Waals surface area contributed by atoms with Crippen molar-refractivity contribution in [3.63, 3.8) is 0 Å². The molecule has 1 aliphatic heterocycles. The van der Waals surface area contributed by atoms with Crippen molar-refractivity contribution in [3.05, 3.63) is 81.0 Å². The van der Waals surface area contributed by atoms with Crippen molar-refractivity contribution < 1.29 is 19.1 Å². The standard InChI is InChI=1S/C18H14N4O4/c1-11-3-2-8-21(10-11)16-15(14(9-19)17(23)20-18(16)24)12-4-6-13(7-5-12)22(25)26/h2-8,10,15-16H,1H3,(H,20,23,24)/t15-,16+/m0/s1. The maximum atomic E-state index is 12.6. The van der Waals surface area contributed by atoms with Gasteiger partial charge in [0, 0.05) is 23.8 Å². The summed E-state index contributed by atoms with van der Waals surface area (Å²) >= 11 is 0. The molecule has 1 aromatic carbocycles. The summed E-state index contributed by atoms with van der Waals surface area (Å²) in [6.07, 6.45) is 3.42. The molecule has 8 heteroatoms. The highest BCUT2D eigenvalue weighted by molar-refractivity contribution is 6.14. The van der Waals surface area contributed by atoms with Gasteiger partial charge < -0.3 is 5.41 Å². The van der Waals surface area contributed by atoms with Crippen molar-refractivity contribution in [2.75, 3.05) is 0 Å². The van der Waals surface area contributed by atoms with Crippen LogP contribution >= 0.6 is 0 Å². The van der Waals surface area contributed by atoms with Crippen molar-refractivity contribution in [3.8, 4) is 0 Å². The van der Waals surface area contributed by atoms with E-state index in [1.807, 2.05) is 18.9 Å². The summed E-state index contributed by atoms with van der Waals surface area (Å²) in [6.45, 7) is 1.86. The molecule has 8 nitrogen and oxygen atoms in total. The largest absolute Gasteiger partial charge is 0.763 e. The minimum Gasteiger partial charge on any atom is -0.763 e. The number of imide groups is 1. The van der Waals surface area contributed by atoms with E-state index in [-0.39, 0.29) is 11.3 Å². The summed E-state index contributed by atoms with van der Waals surface area (Å²) < 4.78 is 1.64. The fourth-order valence-corrected chi connectivity index (χ4v) is 3.07. The van der Waals surface area contributed by atoms with E-state index in [0.717, 1.165) is 5.56 Å². The number of aromatic nitrogens is 1. The third-order valence-corrected chi connectivity index (χ3v) is 4.25. The van der Waals surface area contributed by atoms with Gasteiger partial charge in [-0.3, -0.25) is 30.9 Å². The molecule has 3 rings (SSSR count). The number of pyridine rings is 1. The average molecular weight is 350 g/mol. The number of hydrogen-bond donors (Lipinski definition) is 1. The molecule has 1 fully saturated rings. The molecule has 1 aliphatic rings. The van der Waals surface area contributed by atoms with Crippen molar-refractivity contribution in [2.45, 2.75) is 18.9 Å².